The first-order valence-corrected chi connectivity index (χ1v) is 12.4. The highest BCUT2D eigenvalue weighted by Crippen LogP contribution is 2.31. The molecule has 166 valence electrons. The second-order valence-corrected chi connectivity index (χ2v) is 9.28. The molecule has 0 unspecified atom stereocenters. The van der Waals surface area contributed by atoms with Gasteiger partial charge in [0.1, 0.15) is 19.5 Å². The summed E-state index contributed by atoms with van der Waals surface area (Å²) in [7, 11) is 6.08. The molecule has 6 nitrogen and oxygen atoms in total. The van der Waals surface area contributed by atoms with Gasteiger partial charge in [0, 0.05) is 31.1 Å². The maximum atomic E-state index is 13.3. The molecule has 1 saturated heterocycles. The van der Waals surface area contributed by atoms with Gasteiger partial charge in [0.25, 0.3) is 5.91 Å². The molecule has 0 saturated carbocycles. The average Bonchev–Trinajstić information content (AvgIpc) is 2.81. The third kappa shape index (κ3) is 5.60. The number of anilines is 4. The highest BCUT2D eigenvalue weighted by molar-refractivity contribution is 8.00. The topological polar surface area (TPSA) is 69.3 Å². The second-order valence-electron chi connectivity index (χ2n) is 8.21. The number of carbonyl (C=O) groups excluding carboxylic acids is 1. The van der Waals surface area contributed by atoms with Crippen LogP contribution in [0.3, 0.4) is 0 Å². The number of pyridine rings is 1. The summed E-state index contributed by atoms with van der Waals surface area (Å²) in [6.45, 7) is 4.77. The number of benzene rings is 1. The standard InChI is InChI=1S/C24H30BN5OS/c1-2-32-29-18-7-8-19-21(16-18)30-14-11-17(12-15-30)6-4-3-5-13-26-23-20(25)9-10-22(27-23)28-24(19)31/h3-4,7-10,16-17,29H,2,5-6,11-15H2,1H3,(H2,26,27,28,31)/b4-3+. The van der Waals surface area contributed by atoms with Gasteiger partial charge in [0.15, 0.2) is 0 Å². The van der Waals surface area contributed by atoms with Gasteiger partial charge in [-0.2, -0.15) is 0 Å². The van der Waals surface area contributed by atoms with Crippen molar-refractivity contribution in [3.63, 3.8) is 0 Å². The monoisotopic (exact) mass is 447 g/mol. The van der Waals surface area contributed by atoms with E-state index >= 15 is 0 Å². The van der Waals surface area contributed by atoms with E-state index < -0.39 is 0 Å². The predicted octanol–water partition coefficient (Wildman–Crippen LogP) is 4.19. The van der Waals surface area contributed by atoms with Crippen molar-refractivity contribution in [3.8, 4) is 0 Å². The summed E-state index contributed by atoms with van der Waals surface area (Å²) in [5, 5.41) is 6.25. The summed E-state index contributed by atoms with van der Waals surface area (Å²) in [5.74, 6) is 2.58. The van der Waals surface area contributed by atoms with E-state index in [-0.39, 0.29) is 5.91 Å². The van der Waals surface area contributed by atoms with Crippen molar-refractivity contribution >= 4 is 54.2 Å². The lowest BCUT2D eigenvalue weighted by atomic mass is 9.92. The van der Waals surface area contributed by atoms with Crippen molar-refractivity contribution in [2.45, 2.75) is 32.6 Å². The number of fused-ring (bicyclic) bond motifs is 7. The van der Waals surface area contributed by atoms with Gasteiger partial charge in [-0.15, -0.1) is 0 Å². The molecule has 4 bridgehead atoms. The molecule has 8 heteroatoms. The zero-order valence-electron chi connectivity index (χ0n) is 18.6. The lowest BCUT2D eigenvalue weighted by Gasteiger charge is -2.34. The van der Waals surface area contributed by atoms with Crippen LogP contribution in [0.25, 0.3) is 0 Å². The minimum absolute atomic E-state index is 0.161. The van der Waals surface area contributed by atoms with Crippen molar-refractivity contribution in [2.24, 2.45) is 5.92 Å². The van der Waals surface area contributed by atoms with Crippen molar-refractivity contribution in [2.75, 3.05) is 45.6 Å². The van der Waals surface area contributed by atoms with Crippen LogP contribution >= 0.6 is 11.9 Å². The number of aromatic nitrogens is 1. The highest BCUT2D eigenvalue weighted by Gasteiger charge is 2.23. The number of hydrogen-bond donors (Lipinski definition) is 3. The Hall–Kier alpha value is -2.61. The first-order chi connectivity index (χ1) is 15.6. The van der Waals surface area contributed by atoms with E-state index in [4.69, 9.17) is 7.85 Å². The van der Waals surface area contributed by atoms with Crippen LogP contribution in [0, 0.1) is 5.92 Å². The van der Waals surface area contributed by atoms with Crippen molar-refractivity contribution < 1.29 is 4.79 Å². The minimum atomic E-state index is -0.161. The molecule has 5 rings (SSSR count). The molecule has 2 aromatic rings. The first-order valence-electron chi connectivity index (χ1n) is 11.4. The molecular formula is C24H30BN5OS. The number of piperidine rings is 1. The van der Waals surface area contributed by atoms with Crippen molar-refractivity contribution in [1.29, 1.82) is 0 Å². The molecule has 3 N–H and O–H groups in total. The Morgan fingerprint density at radius 1 is 1.22 bits per heavy atom. The number of amides is 1. The van der Waals surface area contributed by atoms with Gasteiger partial charge < -0.3 is 20.3 Å². The third-order valence-corrected chi connectivity index (χ3v) is 6.61. The molecule has 1 amide bonds. The molecule has 32 heavy (non-hydrogen) atoms. The SMILES string of the molecule is [B]c1ccc2nc1NCC/C=C/CC1CCN(CC1)c1cc(NSCC)ccc1C(=O)N2. The summed E-state index contributed by atoms with van der Waals surface area (Å²) < 4.78 is 3.37. The zero-order valence-corrected chi connectivity index (χ0v) is 19.4. The van der Waals surface area contributed by atoms with Crippen LogP contribution in [0.2, 0.25) is 0 Å². The van der Waals surface area contributed by atoms with Crippen LogP contribution in [-0.4, -0.2) is 44.1 Å². The quantitative estimate of drug-likeness (QED) is 0.373. The van der Waals surface area contributed by atoms with Crippen LogP contribution in [0.1, 0.15) is 43.0 Å². The smallest absolute Gasteiger partial charge is 0.258 e. The number of carbonyl (C=O) groups is 1. The summed E-state index contributed by atoms with van der Waals surface area (Å²) in [6, 6.07) is 9.48. The maximum Gasteiger partial charge on any atom is 0.258 e. The van der Waals surface area contributed by atoms with Gasteiger partial charge in [0.2, 0.25) is 0 Å². The molecule has 1 aromatic carbocycles. The summed E-state index contributed by atoms with van der Waals surface area (Å²) in [4.78, 5) is 20.2. The van der Waals surface area contributed by atoms with Gasteiger partial charge in [0.05, 0.1) is 11.3 Å². The largest absolute Gasteiger partial charge is 0.371 e. The number of nitrogens with one attached hydrogen (secondary N) is 3. The highest BCUT2D eigenvalue weighted by atomic mass is 32.2. The van der Waals surface area contributed by atoms with E-state index in [2.05, 4.69) is 50.4 Å². The van der Waals surface area contributed by atoms with E-state index in [0.717, 1.165) is 62.4 Å². The molecule has 0 atom stereocenters. The molecule has 0 aliphatic carbocycles. The lowest BCUT2D eigenvalue weighted by Crippen LogP contribution is -2.35. The Kier molecular flexibility index (Phi) is 7.63. The van der Waals surface area contributed by atoms with Gasteiger partial charge in [-0.1, -0.05) is 42.6 Å². The molecule has 3 aliphatic rings. The number of nitrogens with zero attached hydrogens (tertiary/aromatic N) is 2. The van der Waals surface area contributed by atoms with Gasteiger partial charge in [-0.25, -0.2) is 4.98 Å². The van der Waals surface area contributed by atoms with Crippen LogP contribution in [0.15, 0.2) is 42.5 Å². The number of allylic oxidation sites excluding steroid dienone is 1. The fourth-order valence-electron chi connectivity index (χ4n) is 4.16. The van der Waals surface area contributed by atoms with E-state index in [0.29, 0.717) is 28.6 Å². The van der Waals surface area contributed by atoms with Gasteiger partial charge in [-0.05, 0) is 55.9 Å². The molecule has 2 radical (unpaired) electrons. The number of hydrogen-bond acceptors (Lipinski definition) is 6. The Bertz CT molecular complexity index is 975. The molecule has 4 heterocycles. The van der Waals surface area contributed by atoms with Gasteiger partial charge >= 0.3 is 0 Å². The normalized spacial score (nSPS) is 18.3. The maximum absolute atomic E-state index is 13.3. The zero-order chi connectivity index (χ0) is 22.3. The van der Waals surface area contributed by atoms with E-state index in [9.17, 15) is 4.79 Å². The first kappa shape index (κ1) is 22.6. The Balaban J connectivity index is 1.67. The fraction of sp³-hybridized carbons (Fsp3) is 0.417. The van der Waals surface area contributed by atoms with E-state index in [1.807, 2.05) is 12.1 Å². The Morgan fingerprint density at radius 2 is 2.06 bits per heavy atom. The van der Waals surface area contributed by atoms with Crippen molar-refractivity contribution in [3.05, 3.63) is 48.0 Å². The molecule has 1 fully saturated rings. The molecule has 3 aliphatic heterocycles. The van der Waals surface area contributed by atoms with Gasteiger partial charge in [-0.3, -0.25) is 4.79 Å². The number of rotatable bonds is 3. The fourth-order valence-corrected chi connectivity index (χ4v) is 4.60. The van der Waals surface area contributed by atoms with E-state index in [1.54, 1.807) is 24.1 Å². The minimum Gasteiger partial charge on any atom is -0.371 e. The van der Waals surface area contributed by atoms with Crippen LogP contribution < -0.4 is 25.7 Å². The Labute approximate surface area is 196 Å². The van der Waals surface area contributed by atoms with Crippen LogP contribution in [0.5, 0.6) is 0 Å². The Morgan fingerprint density at radius 3 is 2.88 bits per heavy atom. The summed E-state index contributed by atoms with van der Waals surface area (Å²) in [5.41, 5.74) is 3.21. The lowest BCUT2D eigenvalue weighted by molar-refractivity contribution is 0.102. The second kappa shape index (κ2) is 10.8. The molecular weight excluding hydrogens is 417 g/mol. The predicted molar refractivity (Wildman–Crippen MR) is 138 cm³/mol. The molecule has 0 spiro atoms. The van der Waals surface area contributed by atoms with Crippen molar-refractivity contribution in [1.82, 2.24) is 4.98 Å². The van der Waals surface area contributed by atoms with Crippen LogP contribution in [0.4, 0.5) is 23.0 Å². The summed E-state index contributed by atoms with van der Waals surface area (Å²) >= 11 is 1.65. The van der Waals surface area contributed by atoms with Crippen LogP contribution in [-0.2, 0) is 0 Å². The summed E-state index contributed by atoms with van der Waals surface area (Å²) in [6.07, 6.45) is 8.81. The van der Waals surface area contributed by atoms with E-state index in [1.165, 1.54) is 0 Å². The average molecular weight is 447 g/mol. The third-order valence-electron chi connectivity index (χ3n) is 5.94. The molecule has 1 aromatic heterocycles.